The average Bonchev–Trinajstić information content (AvgIpc) is 1.96. The molecule has 1 unspecified atom stereocenters. The maximum Gasteiger partial charge on any atom is 0.0636 e. The molecular formula is C9H17NO. The molecule has 64 valence electrons. The van der Waals surface area contributed by atoms with E-state index in [1.807, 2.05) is 0 Å². The second-order valence-electron chi connectivity index (χ2n) is 2.71. The summed E-state index contributed by atoms with van der Waals surface area (Å²) in [7, 11) is 0. The lowest BCUT2D eigenvalue weighted by Gasteiger charge is -2.05. The second-order valence-corrected chi connectivity index (χ2v) is 2.71. The molecule has 0 spiro atoms. The van der Waals surface area contributed by atoms with E-state index in [0.717, 1.165) is 25.8 Å². The summed E-state index contributed by atoms with van der Waals surface area (Å²) in [6.07, 6.45) is 7.86. The molecule has 0 aliphatic carbocycles. The molecule has 0 rings (SSSR count). The molecule has 0 aliphatic rings. The Morgan fingerprint density at radius 3 is 2.82 bits per heavy atom. The van der Waals surface area contributed by atoms with E-state index in [1.165, 1.54) is 0 Å². The molecule has 0 heterocycles. The summed E-state index contributed by atoms with van der Waals surface area (Å²) in [6.45, 7) is 3.40. The van der Waals surface area contributed by atoms with Crippen LogP contribution in [0, 0.1) is 12.3 Å². The SMILES string of the molecule is C#CCCCCNCC(C)O. The largest absolute Gasteiger partial charge is 0.392 e. The van der Waals surface area contributed by atoms with Gasteiger partial charge in [0.05, 0.1) is 6.10 Å². The van der Waals surface area contributed by atoms with Gasteiger partial charge < -0.3 is 10.4 Å². The smallest absolute Gasteiger partial charge is 0.0636 e. The van der Waals surface area contributed by atoms with Gasteiger partial charge in [0.15, 0.2) is 0 Å². The van der Waals surface area contributed by atoms with Gasteiger partial charge in [0.25, 0.3) is 0 Å². The van der Waals surface area contributed by atoms with E-state index in [0.29, 0.717) is 6.54 Å². The predicted octanol–water partition coefficient (Wildman–Crippen LogP) is 0.760. The van der Waals surface area contributed by atoms with Crippen LogP contribution in [0.1, 0.15) is 26.2 Å². The molecule has 0 saturated carbocycles. The van der Waals surface area contributed by atoms with Crippen molar-refractivity contribution < 1.29 is 5.11 Å². The average molecular weight is 155 g/mol. The van der Waals surface area contributed by atoms with Crippen molar-refractivity contribution in [3.63, 3.8) is 0 Å². The minimum Gasteiger partial charge on any atom is -0.392 e. The summed E-state index contributed by atoms with van der Waals surface area (Å²) >= 11 is 0. The molecule has 0 aliphatic heterocycles. The molecule has 0 saturated heterocycles. The van der Waals surface area contributed by atoms with Gasteiger partial charge in [-0.3, -0.25) is 0 Å². The van der Waals surface area contributed by atoms with Crippen molar-refractivity contribution in [1.82, 2.24) is 5.32 Å². The fourth-order valence-corrected chi connectivity index (χ4v) is 0.788. The van der Waals surface area contributed by atoms with E-state index in [-0.39, 0.29) is 6.10 Å². The lowest BCUT2D eigenvalue weighted by molar-refractivity contribution is 0.191. The second kappa shape index (κ2) is 7.59. The molecule has 0 radical (unpaired) electrons. The van der Waals surface area contributed by atoms with Crippen LogP contribution in [0.15, 0.2) is 0 Å². The van der Waals surface area contributed by atoms with E-state index in [4.69, 9.17) is 11.5 Å². The lowest BCUT2D eigenvalue weighted by atomic mass is 10.2. The zero-order valence-corrected chi connectivity index (χ0v) is 7.14. The van der Waals surface area contributed by atoms with Gasteiger partial charge >= 0.3 is 0 Å². The Kier molecular flexibility index (Phi) is 7.23. The van der Waals surface area contributed by atoms with Crippen LogP contribution in [-0.2, 0) is 0 Å². The highest BCUT2D eigenvalue weighted by molar-refractivity contribution is 4.82. The van der Waals surface area contributed by atoms with Gasteiger partial charge in [-0.25, -0.2) is 0 Å². The van der Waals surface area contributed by atoms with Gasteiger partial charge in [-0.1, -0.05) is 0 Å². The third-order valence-corrected chi connectivity index (χ3v) is 1.36. The topological polar surface area (TPSA) is 32.3 Å². The number of terminal acetylenes is 1. The molecule has 0 fully saturated rings. The van der Waals surface area contributed by atoms with Gasteiger partial charge in [0.1, 0.15) is 0 Å². The predicted molar refractivity (Wildman–Crippen MR) is 47.2 cm³/mol. The number of rotatable bonds is 6. The minimum absolute atomic E-state index is 0.248. The maximum absolute atomic E-state index is 8.86. The molecule has 0 bridgehead atoms. The summed E-state index contributed by atoms with van der Waals surface area (Å²) in [5.41, 5.74) is 0. The number of hydrogen-bond donors (Lipinski definition) is 2. The summed E-state index contributed by atoms with van der Waals surface area (Å²) < 4.78 is 0. The molecule has 0 aromatic carbocycles. The molecule has 2 heteroatoms. The number of aliphatic hydroxyl groups is 1. The molecule has 11 heavy (non-hydrogen) atoms. The van der Waals surface area contributed by atoms with Crippen molar-refractivity contribution in [1.29, 1.82) is 0 Å². The molecule has 0 aromatic rings. The molecular weight excluding hydrogens is 138 g/mol. The van der Waals surface area contributed by atoms with Crippen molar-refractivity contribution in [3.05, 3.63) is 0 Å². The van der Waals surface area contributed by atoms with Crippen LogP contribution >= 0.6 is 0 Å². The van der Waals surface area contributed by atoms with Gasteiger partial charge in [0.2, 0.25) is 0 Å². The van der Waals surface area contributed by atoms with Gasteiger partial charge in [0, 0.05) is 13.0 Å². The van der Waals surface area contributed by atoms with Crippen molar-refractivity contribution in [2.24, 2.45) is 0 Å². The van der Waals surface area contributed by atoms with Crippen LogP contribution in [0.5, 0.6) is 0 Å². The first kappa shape index (κ1) is 10.5. The van der Waals surface area contributed by atoms with E-state index >= 15 is 0 Å². The molecule has 2 nitrogen and oxygen atoms in total. The standard InChI is InChI=1S/C9H17NO/c1-3-4-5-6-7-10-8-9(2)11/h1,9-11H,4-8H2,2H3. The highest BCUT2D eigenvalue weighted by Crippen LogP contribution is 1.90. The first-order chi connectivity index (χ1) is 5.27. The monoisotopic (exact) mass is 155 g/mol. The summed E-state index contributed by atoms with van der Waals surface area (Å²) in [5.74, 6) is 2.59. The number of hydrogen-bond acceptors (Lipinski definition) is 2. The van der Waals surface area contributed by atoms with Crippen molar-refractivity contribution in [2.75, 3.05) is 13.1 Å². The maximum atomic E-state index is 8.86. The fraction of sp³-hybridized carbons (Fsp3) is 0.778. The Hall–Kier alpha value is -0.520. The van der Waals surface area contributed by atoms with Crippen molar-refractivity contribution >= 4 is 0 Å². The minimum atomic E-state index is -0.248. The Morgan fingerprint density at radius 2 is 2.27 bits per heavy atom. The van der Waals surface area contributed by atoms with Gasteiger partial charge in [-0.05, 0) is 26.3 Å². The number of nitrogens with one attached hydrogen (secondary N) is 1. The highest BCUT2D eigenvalue weighted by Gasteiger charge is 1.92. The number of aliphatic hydroxyl groups excluding tert-OH is 1. The van der Waals surface area contributed by atoms with Crippen LogP contribution in [0.4, 0.5) is 0 Å². The summed E-state index contributed by atoms with van der Waals surface area (Å²) in [6, 6.07) is 0. The van der Waals surface area contributed by atoms with Crippen molar-refractivity contribution in [2.45, 2.75) is 32.3 Å². The summed E-state index contributed by atoms with van der Waals surface area (Å²) in [5, 5.41) is 12.0. The Morgan fingerprint density at radius 1 is 1.55 bits per heavy atom. The van der Waals surface area contributed by atoms with E-state index in [1.54, 1.807) is 6.92 Å². The van der Waals surface area contributed by atoms with Gasteiger partial charge in [-0.2, -0.15) is 0 Å². The molecule has 1 atom stereocenters. The van der Waals surface area contributed by atoms with Crippen LogP contribution in [0.3, 0.4) is 0 Å². The molecule has 0 amide bonds. The zero-order chi connectivity index (χ0) is 8.53. The fourth-order valence-electron chi connectivity index (χ4n) is 0.788. The quantitative estimate of drug-likeness (QED) is 0.438. The molecule has 2 N–H and O–H groups in total. The first-order valence-electron chi connectivity index (χ1n) is 4.09. The normalized spacial score (nSPS) is 12.5. The zero-order valence-electron chi connectivity index (χ0n) is 7.14. The van der Waals surface area contributed by atoms with E-state index < -0.39 is 0 Å². The first-order valence-corrected chi connectivity index (χ1v) is 4.09. The highest BCUT2D eigenvalue weighted by atomic mass is 16.3. The van der Waals surface area contributed by atoms with Crippen LogP contribution in [0.25, 0.3) is 0 Å². The van der Waals surface area contributed by atoms with Crippen LogP contribution in [0.2, 0.25) is 0 Å². The van der Waals surface area contributed by atoms with Crippen molar-refractivity contribution in [3.8, 4) is 12.3 Å². The lowest BCUT2D eigenvalue weighted by Crippen LogP contribution is -2.25. The third kappa shape index (κ3) is 9.48. The summed E-state index contributed by atoms with van der Waals surface area (Å²) in [4.78, 5) is 0. The number of unbranched alkanes of at least 4 members (excludes halogenated alkanes) is 2. The van der Waals surface area contributed by atoms with E-state index in [2.05, 4.69) is 11.2 Å². The third-order valence-electron chi connectivity index (χ3n) is 1.36. The Balaban J connectivity index is 2.86. The van der Waals surface area contributed by atoms with Gasteiger partial charge in [-0.15, -0.1) is 12.3 Å². The van der Waals surface area contributed by atoms with Crippen LogP contribution in [-0.4, -0.2) is 24.3 Å². The Bertz CT molecular complexity index is 115. The van der Waals surface area contributed by atoms with E-state index in [9.17, 15) is 0 Å². The van der Waals surface area contributed by atoms with Crippen LogP contribution < -0.4 is 5.32 Å². The molecule has 0 aromatic heterocycles. The Labute approximate surface area is 69.0 Å².